The van der Waals surface area contributed by atoms with Crippen molar-refractivity contribution in [3.63, 3.8) is 0 Å². The van der Waals surface area contributed by atoms with E-state index in [0.29, 0.717) is 22.4 Å². The lowest BCUT2D eigenvalue weighted by atomic mass is 10.1. The maximum atomic E-state index is 14.4. The minimum absolute atomic E-state index is 0.0137. The van der Waals surface area contributed by atoms with Crippen LogP contribution in [0.3, 0.4) is 0 Å². The molecule has 2 heterocycles. The average molecular weight is 504 g/mol. The van der Waals surface area contributed by atoms with E-state index in [0.717, 1.165) is 6.07 Å². The summed E-state index contributed by atoms with van der Waals surface area (Å²) < 4.78 is 39.4. The van der Waals surface area contributed by atoms with Crippen molar-refractivity contribution in [2.75, 3.05) is 25.5 Å². The van der Waals surface area contributed by atoms with E-state index in [-0.39, 0.29) is 42.3 Å². The Morgan fingerprint density at radius 2 is 1.94 bits per heavy atom. The molecule has 3 aromatic rings. The van der Waals surface area contributed by atoms with Gasteiger partial charge in [0, 0.05) is 18.4 Å². The van der Waals surface area contributed by atoms with Crippen LogP contribution in [-0.2, 0) is 9.59 Å². The van der Waals surface area contributed by atoms with Crippen molar-refractivity contribution in [2.45, 2.75) is 13.0 Å². The van der Waals surface area contributed by atoms with E-state index in [1.54, 1.807) is 12.1 Å². The largest absolute Gasteiger partial charge is 0.493 e. The Morgan fingerprint density at radius 1 is 1.20 bits per heavy atom. The highest BCUT2D eigenvalue weighted by Crippen LogP contribution is 2.37. The predicted octanol–water partition coefficient (Wildman–Crippen LogP) is 3.55. The number of nitrogens with one attached hydrogen (secondary N) is 2. The monoisotopic (exact) mass is 503 g/mol. The summed E-state index contributed by atoms with van der Waals surface area (Å²) in [6.07, 6.45) is 0.940. The Balaban J connectivity index is 1.56. The Bertz CT molecular complexity index is 1350. The first-order valence-electron chi connectivity index (χ1n) is 10.3. The van der Waals surface area contributed by atoms with Crippen molar-refractivity contribution in [2.24, 2.45) is 0 Å². The number of carbonyl (C=O) groups is 2. The van der Waals surface area contributed by atoms with E-state index in [1.807, 2.05) is 0 Å². The summed E-state index contributed by atoms with van der Waals surface area (Å²) in [7, 11) is 1.47. The molecule has 1 aromatic heterocycles. The van der Waals surface area contributed by atoms with Gasteiger partial charge < -0.3 is 25.0 Å². The lowest BCUT2D eigenvalue weighted by molar-refractivity contribution is -0.137. The summed E-state index contributed by atoms with van der Waals surface area (Å²) in [5.74, 6) is -1.63. The van der Waals surface area contributed by atoms with Crippen LogP contribution in [0.5, 0.6) is 11.5 Å². The quantitative estimate of drug-likeness (QED) is 0.375. The fraction of sp³-hybridized carbons (Fsp3) is 0.217. The van der Waals surface area contributed by atoms with Gasteiger partial charge in [0.25, 0.3) is 5.91 Å². The number of benzene rings is 2. The second-order valence-corrected chi connectivity index (χ2v) is 8.08. The van der Waals surface area contributed by atoms with Crippen molar-refractivity contribution in [1.29, 1.82) is 0 Å². The van der Waals surface area contributed by atoms with Crippen LogP contribution in [0.2, 0.25) is 5.02 Å². The highest BCUT2D eigenvalue weighted by Gasteiger charge is 2.34. The average Bonchev–Trinajstić information content (AvgIpc) is 2.80. The number of nitrogens with zero attached hydrogens (tertiary/aromatic N) is 3. The van der Waals surface area contributed by atoms with E-state index >= 15 is 0 Å². The number of aromatic nitrogens is 2. The Morgan fingerprint density at radius 3 is 2.63 bits per heavy atom. The fourth-order valence-electron chi connectivity index (χ4n) is 3.48. The van der Waals surface area contributed by atoms with E-state index in [4.69, 9.17) is 21.1 Å². The van der Waals surface area contributed by atoms with E-state index in [2.05, 4.69) is 27.2 Å². The molecule has 4 rings (SSSR count). The molecule has 2 N–H and O–H groups in total. The highest BCUT2D eigenvalue weighted by atomic mass is 35.5. The number of likely N-dealkylation sites (tertiary alicyclic amines) is 1. The minimum Gasteiger partial charge on any atom is -0.493 e. The molecule has 0 unspecified atom stereocenters. The fourth-order valence-corrected chi connectivity index (χ4v) is 3.64. The number of ether oxygens (including phenoxy) is 2. The van der Waals surface area contributed by atoms with E-state index in [9.17, 15) is 18.4 Å². The molecule has 1 aliphatic rings. The SMILES string of the molecule is C=C(NC(C)=O)C(=O)N1CC(Oc2cc3c(Nc4ccc(F)c(Cl)c4F)ncnc3cc2OC)C1. The zero-order valence-corrected chi connectivity index (χ0v) is 19.4. The molecule has 0 aliphatic carbocycles. The summed E-state index contributed by atoms with van der Waals surface area (Å²) >= 11 is 5.68. The molecule has 1 fully saturated rings. The summed E-state index contributed by atoms with van der Waals surface area (Å²) in [6, 6.07) is 5.51. The first-order valence-corrected chi connectivity index (χ1v) is 10.7. The first kappa shape index (κ1) is 24.1. The van der Waals surface area contributed by atoms with Gasteiger partial charge in [0.2, 0.25) is 5.91 Å². The molecule has 0 spiro atoms. The zero-order valence-electron chi connectivity index (χ0n) is 18.7. The van der Waals surface area contributed by atoms with Gasteiger partial charge in [-0.2, -0.15) is 0 Å². The molecule has 182 valence electrons. The number of rotatable bonds is 7. The molecule has 2 amide bonds. The van der Waals surface area contributed by atoms with Crippen LogP contribution in [0.1, 0.15) is 6.92 Å². The number of fused-ring (bicyclic) bond motifs is 1. The Kier molecular flexibility index (Phi) is 6.70. The van der Waals surface area contributed by atoms with Gasteiger partial charge in [0.15, 0.2) is 17.3 Å². The molecular formula is C23H20ClF2N5O4. The number of hydrogen-bond acceptors (Lipinski definition) is 7. The Hall–Kier alpha value is -3.99. The molecule has 1 saturated heterocycles. The normalized spacial score (nSPS) is 13.2. The third-order valence-corrected chi connectivity index (χ3v) is 5.57. The number of hydrogen-bond donors (Lipinski definition) is 2. The van der Waals surface area contributed by atoms with Crippen LogP contribution in [0.15, 0.2) is 42.9 Å². The number of anilines is 2. The third-order valence-electron chi connectivity index (χ3n) is 5.22. The summed E-state index contributed by atoms with van der Waals surface area (Å²) in [4.78, 5) is 33.3. The van der Waals surface area contributed by atoms with E-state index < -0.39 is 22.6 Å². The van der Waals surface area contributed by atoms with Gasteiger partial charge >= 0.3 is 0 Å². The van der Waals surface area contributed by atoms with Crippen molar-refractivity contribution < 1.29 is 27.8 Å². The van der Waals surface area contributed by atoms with E-state index in [1.165, 1.54) is 31.3 Å². The van der Waals surface area contributed by atoms with Crippen molar-refractivity contribution in [3.8, 4) is 11.5 Å². The zero-order chi connectivity index (χ0) is 25.3. The smallest absolute Gasteiger partial charge is 0.269 e. The first-order chi connectivity index (χ1) is 16.7. The maximum absolute atomic E-state index is 14.4. The molecule has 0 saturated carbocycles. The highest BCUT2D eigenvalue weighted by molar-refractivity contribution is 6.31. The van der Waals surface area contributed by atoms with Gasteiger partial charge in [-0.3, -0.25) is 9.59 Å². The second kappa shape index (κ2) is 9.71. The van der Waals surface area contributed by atoms with Gasteiger partial charge in [0.1, 0.15) is 29.1 Å². The van der Waals surface area contributed by atoms with Crippen LogP contribution in [0.4, 0.5) is 20.3 Å². The topological polar surface area (TPSA) is 106 Å². The van der Waals surface area contributed by atoms with Crippen LogP contribution in [-0.4, -0.2) is 53.0 Å². The molecular weight excluding hydrogens is 484 g/mol. The molecule has 9 nitrogen and oxygen atoms in total. The molecule has 12 heteroatoms. The van der Waals surface area contributed by atoms with Gasteiger partial charge in [-0.05, 0) is 18.2 Å². The predicted molar refractivity (Wildman–Crippen MR) is 125 cm³/mol. The lowest BCUT2D eigenvalue weighted by Gasteiger charge is -2.39. The lowest BCUT2D eigenvalue weighted by Crippen LogP contribution is -2.57. The number of amides is 2. The van der Waals surface area contributed by atoms with Crippen molar-refractivity contribution in [1.82, 2.24) is 20.2 Å². The van der Waals surface area contributed by atoms with Crippen molar-refractivity contribution in [3.05, 3.63) is 59.5 Å². The summed E-state index contributed by atoms with van der Waals surface area (Å²) in [5, 5.41) is 5.02. The molecule has 0 atom stereocenters. The van der Waals surface area contributed by atoms with Crippen LogP contribution in [0, 0.1) is 11.6 Å². The van der Waals surface area contributed by atoms with Crippen LogP contribution in [0.25, 0.3) is 10.9 Å². The van der Waals surface area contributed by atoms with Crippen molar-refractivity contribution >= 4 is 45.8 Å². The molecule has 2 aromatic carbocycles. The number of methoxy groups -OCH3 is 1. The second-order valence-electron chi connectivity index (χ2n) is 7.70. The third kappa shape index (κ3) is 4.94. The standard InChI is InChI=1S/C23H20ClF2N5O4/c1-11(29-12(2)32)23(33)31-8-13(9-31)35-19-6-14-17(7-18(19)34-3)27-10-28-22(14)30-16-5-4-15(25)20(24)21(16)26/h4-7,10,13H,1,8-9H2,2-3H3,(H,29,32)(H,27,28,30). The number of halogens is 3. The van der Waals surface area contributed by atoms with Crippen LogP contribution >= 0.6 is 11.6 Å². The molecule has 35 heavy (non-hydrogen) atoms. The minimum atomic E-state index is -0.955. The molecule has 0 radical (unpaired) electrons. The van der Waals surface area contributed by atoms with Gasteiger partial charge in [-0.25, -0.2) is 18.7 Å². The molecule has 1 aliphatic heterocycles. The summed E-state index contributed by atoms with van der Waals surface area (Å²) in [5.41, 5.74) is 0.403. The Labute approximate surface area is 203 Å². The van der Waals surface area contributed by atoms with Gasteiger partial charge in [-0.15, -0.1) is 0 Å². The van der Waals surface area contributed by atoms with Gasteiger partial charge in [0.05, 0.1) is 37.1 Å². The molecule has 0 bridgehead atoms. The van der Waals surface area contributed by atoms with Crippen LogP contribution < -0.4 is 20.1 Å². The summed E-state index contributed by atoms with van der Waals surface area (Å²) in [6.45, 7) is 5.40. The maximum Gasteiger partial charge on any atom is 0.269 e. The van der Waals surface area contributed by atoms with Gasteiger partial charge in [-0.1, -0.05) is 18.2 Å². The number of carbonyl (C=O) groups excluding carboxylic acids is 2.